The van der Waals surface area contributed by atoms with Crippen molar-refractivity contribution >= 4 is 0 Å². The minimum atomic E-state index is 0.508. The SMILES string of the molecule is CCCCCC1c2ccc(OC)cc2-c2cc(OC)ccc21. The van der Waals surface area contributed by atoms with Gasteiger partial charge in [-0.05, 0) is 52.9 Å². The molecule has 2 aromatic carbocycles. The first kappa shape index (κ1) is 15.0. The summed E-state index contributed by atoms with van der Waals surface area (Å²) in [6.45, 7) is 2.26. The van der Waals surface area contributed by atoms with Gasteiger partial charge in [0.05, 0.1) is 14.2 Å². The lowest BCUT2D eigenvalue weighted by atomic mass is 9.91. The Kier molecular flexibility index (Phi) is 4.37. The summed E-state index contributed by atoms with van der Waals surface area (Å²) < 4.78 is 10.8. The lowest BCUT2D eigenvalue weighted by molar-refractivity contribution is 0.414. The van der Waals surface area contributed by atoms with Crippen molar-refractivity contribution in [2.75, 3.05) is 14.2 Å². The largest absolute Gasteiger partial charge is 0.497 e. The van der Waals surface area contributed by atoms with Crippen molar-refractivity contribution in [3.8, 4) is 22.6 Å². The van der Waals surface area contributed by atoms with Gasteiger partial charge >= 0.3 is 0 Å². The summed E-state index contributed by atoms with van der Waals surface area (Å²) in [4.78, 5) is 0. The first-order valence-corrected chi connectivity index (χ1v) is 8.14. The van der Waals surface area contributed by atoms with Crippen molar-refractivity contribution in [2.24, 2.45) is 0 Å². The number of benzene rings is 2. The molecule has 2 aromatic rings. The molecule has 0 aliphatic heterocycles. The van der Waals surface area contributed by atoms with E-state index in [9.17, 15) is 0 Å². The lowest BCUT2D eigenvalue weighted by Crippen LogP contribution is -1.97. The first-order chi connectivity index (χ1) is 10.8. The van der Waals surface area contributed by atoms with E-state index in [2.05, 4.69) is 43.3 Å². The van der Waals surface area contributed by atoms with Gasteiger partial charge in [-0.2, -0.15) is 0 Å². The molecule has 22 heavy (non-hydrogen) atoms. The van der Waals surface area contributed by atoms with Gasteiger partial charge in [0.25, 0.3) is 0 Å². The molecule has 0 atom stereocenters. The Morgan fingerprint density at radius 1 is 0.818 bits per heavy atom. The molecule has 0 bridgehead atoms. The van der Waals surface area contributed by atoms with Crippen LogP contribution in [0.4, 0.5) is 0 Å². The number of unbranched alkanes of at least 4 members (excludes halogenated alkanes) is 2. The molecule has 0 saturated heterocycles. The van der Waals surface area contributed by atoms with Crippen molar-refractivity contribution < 1.29 is 9.47 Å². The Balaban J connectivity index is 2.04. The van der Waals surface area contributed by atoms with Gasteiger partial charge in [-0.3, -0.25) is 0 Å². The van der Waals surface area contributed by atoms with E-state index in [1.807, 2.05) is 0 Å². The quantitative estimate of drug-likeness (QED) is 0.665. The molecule has 116 valence electrons. The summed E-state index contributed by atoms with van der Waals surface area (Å²) >= 11 is 0. The predicted molar refractivity (Wildman–Crippen MR) is 91.0 cm³/mol. The summed E-state index contributed by atoms with van der Waals surface area (Å²) in [5.74, 6) is 2.34. The molecule has 3 rings (SSSR count). The summed E-state index contributed by atoms with van der Waals surface area (Å²) in [5, 5.41) is 0. The Morgan fingerprint density at radius 3 is 1.82 bits per heavy atom. The van der Waals surface area contributed by atoms with Crippen LogP contribution in [-0.4, -0.2) is 14.2 Å². The van der Waals surface area contributed by atoms with Crippen LogP contribution in [0, 0.1) is 0 Å². The second-order valence-corrected chi connectivity index (χ2v) is 5.95. The van der Waals surface area contributed by atoms with Crippen LogP contribution < -0.4 is 9.47 Å². The number of hydrogen-bond acceptors (Lipinski definition) is 2. The second-order valence-electron chi connectivity index (χ2n) is 5.95. The van der Waals surface area contributed by atoms with Crippen LogP contribution in [0.5, 0.6) is 11.5 Å². The van der Waals surface area contributed by atoms with Crippen LogP contribution in [0.25, 0.3) is 11.1 Å². The fourth-order valence-corrected chi connectivity index (χ4v) is 3.48. The van der Waals surface area contributed by atoms with E-state index in [4.69, 9.17) is 9.47 Å². The van der Waals surface area contributed by atoms with E-state index in [1.54, 1.807) is 14.2 Å². The molecule has 1 aliphatic carbocycles. The molecule has 1 aliphatic rings. The number of ether oxygens (including phenoxy) is 2. The fourth-order valence-electron chi connectivity index (χ4n) is 3.48. The van der Waals surface area contributed by atoms with Gasteiger partial charge in [0.2, 0.25) is 0 Å². The zero-order valence-corrected chi connectivity index (χ0v) is 13.7. The zero-order chi connectivity index (χ0) is 15.5. The molecule has 0 radical (unpaired) electrons. The minimum Gasteiger partial charge on any atom is -0.497 e. The van der Waals surface area contributed by atoms with E-state index in [1.165, 1.54) is 47.9 Å². The summed E-state index contributed by atoms with van der Waals surface area (Å²) in [5.41, 5.74) is 5.46. The van der Waals surface area contributed by atoms with E-state index >= 15 is 0 Å². The van der Waals surface area contributed by atoms with Crippen molar-refractivity contribution in [1.29, 1.82) is 0 Å². The maximum Gasteiger partial charge on any atom is 0.119 e. The van der Waals surface area contributed by atoms with E-state index < -0.39 is 0 Å². The molecule has 2 heteroatoms. The third-order valence-electron chi connectivity index (χ3n) is 4.66. The molecule has 0 amide bonds. The van der Waals surface area contributed by atoms with Gasteiger partial charge < -0.3 is 9.47 Å². The Hall–Kier alpha value is -1.96. The molecule has 2 nitrogen and oxygen atoms in total. The van der Waals surface area contributed by atoms with E-state index in [0.717, 1.165) is 11.5 Å². The van der Waals surface area contributed by atoms with Crippen LogP contribution in [0.3, 0.4) is 0 Å². The molecule has 0 saturated carbocycles. The molecule has 0 N–H and O–H groups in total. The number of rotatable bonds is 6. The standard InChI is InChI=1S/C20H24O2/c1-4-5-6-7-16-17-10-8-14(21-2)12-19(17)20-13-15(22-3)9-11-18(16)20/h8-13,16H,4-7H2,1-3H3. The highest BCUT2D eigenvalue weighted by Crippen LogP contribution is 2.49. The number of fused-ring (bicyclic) bond motifs is 3. The van der Waals surface area contributed by atoms with E-state index in [-0.39, 0.29) is 0 Å². The average molecular weight is 296 g/mol. The average Bonchev–Trinajstić information content (AvgIpc) is 2.87. The van der Waals surface area contributed by atoms with Crippen LogP contribution in [0.1, 0.15) is 49.7 Å². The van der Waals surface area contributed by atoms with Crippen LogP contribution in [0.2, 0.25) is 0 Å². The van der Waals surface area contributed by atoms with Gasteiger partial charge in [0.15, 0.2) is 0 Å². The van der Waals surface area contributed by atoms with Gasteiger partial charge in [-0.15, -0.1) is 0 Å². The zero-order valence-electron chi connectivity index (χ0n) is 13.7. The van der Waals surface area contributed by atoms with E-state index in [0.29, 0.717) is 5.92 Å². The Labute approximate surface area is 133 Å². The van der Waals surface area contributed by atoms with Gasteiger partial charge in [-0.1, -0.05) is 38.3 Å². The van der Waals surface area contributed by atoms with Crippen LogP contribution in [0.15, 0.2) is 36.4 Å². The molecule has 0 spiro atoms. The van der Waals surface area contributed by atoms with Crippen molar-refractivity contribution in [1.82, 2.24) is 0 Å². The maximum absolute atomic E-state index is 5.41. The Bertz CT molecular complexity index is 607. The normalized spacial score (nSPS) is 12.9. The highest BCUT2D eigenvalue weighted by Gasteiger charge is 2.28. The summed E-state index contributed by atoms with van der Waals surface area (Å²) in [6, 6.07) is 12.9. The molecule has 0 aromatic heterocycles. The first-order valence-electron chi connectivity index (χ1n) is 8.14. The minimum absolute atomic E-state index is 0.508. The van der Waals surface area contributed by atoms with Crippen LogP contribution in [-0.2, 0) is 0 Å². The molecular weight excluding hydrogens is 272 g/mol. The highest BCUT2D eigenvalue weighted by molar-refractivity contribution is 5.80. The van der Waals surface area contributed by atoms with Crippen LogP contribution >= 0.6 is 0 Å². The van der Waals surface area contributed by atoms with Gasteiger partial charge in [0, 0.05) is 5.92 Å². The fraction of sp³-hybridized carbons (Fsp3) is 0.400. The monoisotopic (exact) mass is 296 g/mol. The molecule has 0 fully saturated rings. The maximum atomic E-state index is 5.41. The van der Waals surface area contributed by atoms with Crippen molar-refractivity contribution in [3.63, 3.8) is 0 Å². The Morgan fingerprint density at radius 2 is 1.36 bits per heavy atom. The lowest BCUT2D eigenvalue weighted by Gasteiger charge is -2.13. The van der Waals surface area contributed by atoms with Crippen molar-refractivity contribution in [3.05, 3.63) is 47.5 Å². The van der Waals surface area contributed by atoms with Crippen molar-refractivity contribution in [2.45, 2.75) is 38.5 Å². The number of methoxy groups -OCH3 is 2. The molecule has 0 heterocycles. The third kappa shape index (κ3) is 2.58. The predicted octanol–water partition coefficient (Wildman–Crippen LogP) is 5.40. The second kappa shape index (κ2) is 6.43. The smallest absolute Gasteiger partial charge is 0.119 e. The number of hydrogen-bond donors (Lipinski definition) is 0. The summed E-state index contributed by atoms with van der Waals surface area (Å²) in [7, 11) is 3.45. The third-order valence-corrected chi connectivity index (χ3v) is 4.66. The topological polar surface area (TPSA) is 18.5 Å². The highest BCUT2D eigenvalue weighted by atomic mass is 16.5. The summed E-state index contributed by atoms with van der Waals surface area (Å²) in [6.07, 6.45) is 5.05. The molecule has 0 unspecified atom stereocenters. The molecular formula is C20H24O2. The van der Waals surface area contributed by atoms with Gasteiger partial charge in [-0.25, -0.2) is 0 Å². The van der Waals surface area contributed by atoms with Gasteiger partial charge in [0.1, 0.15) is 11.5 Å².